The van der Waals surface area contributed by atoms with Crippen LogP contribution in [0, 0.1) is 27.2 Å². The van der Waals surface area contributed by atoms with E-state index < -0.39 is 0 Å². The average molecular weight is 638 g/mol. The van der Waals surface area contributed by atoms with Gasteiger partial charge in [-0.3, -0.25) is 4.79 Å². The molecule has 1 atom stereocenters. The van der Waals surface area contributed by atoms with Gasteiger partial charge in [0.1, 0.15) is 5.65 Å². The molecule has 1 amide bonds. The standard InChI is InChI=1S/C36H43N3O.CH3.Y/c1-25-22-26(2)38-35-33(25)31-16-10-11-17-32(31)39(35)24-28-18-20-30(21-19-28)34(29-14-8-3-4-9-15-29)36(40)37-23-27-12-6-5-7-13-27;;/h5-7,12-13,18-22,29,34H,3-4,8-11,14-17,23-24H2,1-2H3,(H,37,40);1H3;/q;-1;. The van der Waals surface area contributed by atoms with Crippen molar-refractivity contribution < 1.29 is 37.5 Å². The molecule has 219 valence electrons. The summed E-state index contributed by atoms with van der Waals surface area (Å²) in [4.78, 5) is 18.7. The quantitative estimate of drug-likeness (QED) is 0.163. The van der Waals surface area contributed by atoms with E-state index in [-0.39, 0.29) is 52.0 Å². The number of nitrogens with zero attached hydrogens (tertiary/aromatic N) is 2. The second-order valence-corrected chi connectivity index (χ2v) is 12.2. The van der Waals surface area contributed by atoms with Crippen LogP contribution in [-0.4, -0.2) is 15.5 Å². The summed E-state index contributed by atoms with van der Waals surface area (Å²) in [6, 6.07) is 21.5. The third-order valence-electron chi connectivity index (χ3n) is 9.29. The first-order valence-electron chi connectivity index (χ1n) is 15.5. The molecule has 4 nitrogen and oxygen atoms in total. The summed E-state index contributed by atoms with van der Waals surface area (Å²) in [5.41, 5.74) is 10.2. The molecule has 2 heterocycles. The number of benzene rings is 2. The second-order valence-electron chi connectivity index (χ2n) is 12.2. The van der Waals surface area contributed by atoms with Crippen LogP contribution in [0.2, 0.25) is 0 Å². The minimum atomic E-state index is -0.0944. The van der Waals surface area contributed by atoms with Crippen molar-refractivity contribution in [1.29, 1.82) is 0 Å². The number of carbonyl (C=O) groups is 1. The van der Waals surface area contributed by atoms with Crippen LogP contribution in [0.25, 0.3) is 11.0 Å². The van der Waals surface area contributed by atoms with E-state index >= 15 is 0 Å². The Morgan fingerprint density at radius 3 is 2.31 bits per heavy atom. The van der Waals surface area contributed by atoms with E-state index in [1.54, 1.807) is 0 Å². The van der Waals surface area contributed by atoms with Gasteiger partial charge in [-0.1, -0.05) is 80.3 Å². The van der Waals surface area contributed by atoms with Gasteiger partial charge in [-0.15, -0.1) is 0 Å². The van der Waals surface area contributed by atoms with E-state index in [1.807, 2.05) is 18.2 Å². The van der Waals surface area contributed by atoms with Crippen LogP contribution in [0.5, 0.6) is 0 Å². The molecule has 0 aliphatic heterocycles. The molecule has 1 N–H and O–H groups in total. The molecule has 0 spiro atoms. The summed E-state index contributed by atoms with van der Waals surface area (Å²) in [5, 5.41) is 4.66. The van der Waals surface area contributed by atoms with Crippen molar-refractivity contribution in [3.63, 3.8) is 0 Å². The molecule has 0 bridgehead atoms. The number of rotatable bonds is 7. The molecule has 1 fully saturated rings. The zero-order chi connectivity index (χ0) is 27.5. The maximum atomic E-state index is 13.7. The monoisotopic (exact) mass is 637 g/mol. The van der Waals surface area contributed by atoms with Gasteiger partial charge in [0.15, 0.2) is 0 Å². The Morgan fingerprint density at radius 1 is 0.905 bits per heavy atom. The first-order valence-corrected chi connectivity index (χ1v) is 15.5. The maximum Gasteiger partial charge on any atom is 0.228 e. The third-order valence-corrected chi connectivity index (χ3v) is 9.29. The van der Waals surface area contributed by atoms with E-state index in [0.717, 1.165) is 54.7 Å². The van der Waals surface area contributed by atoms with E-state index in [4.69, 9.17) is 4.98 Å². The van der Waals surface area contributed by atoms with Gasteiger partial charge in [-0.25, -0.2) is 4.98 Å². The number of aromatic nitrogens is 2. The molecule has 2 aromatic carbocycles. The van der Waals surface area contributed by atoms with Gasteiger partial charge >= 0.3 is 0 Å². The van der Waals surface area contributed by atoms with E-state index in [0.29, 0.717) is 12.5 Å². The van der Waals surface area contributed by atoms with Crippen molar-refractivity contribution in [2.45, 2.75) is 97.1 Å². The predicted octanol–water partition coefficient (Wildman–Crippen LogP) is 8.40. The number of pyridine rings is 1. The summed E-state index contributed by atoms with van der Waals surface area (Å²) in [7, 11) is 0. The molecule has 5 heteroatoms. The van der Waals surface area contributed by atoms with Gasteiger partial charge in [0.25, 0.3) is 0 Å². The molecular weight excluding hydrogens is 591 g/mol. The van der Waals surface area contributed by atoms with Gasteiger partial charge < -0.3 is 17.3 Å². The molecule has 2 aromatic heterocycles. The van der Waals surface area contributed by atoms with Crippen molar-refractivity contribution in [3.8, 4) is 0 Å². The molecule has 4 aromatic rings. The SMILES string of the molecule is Cc1cc(C)c2c3c(n(Cc4ccc(C(C(=O)NCc5ccccc5)C5CCCCCC5)cc4)c2n1)CCCC3.[CH3-].[Y]. The van der Waals surface area contributed by atoms with Crippen LogP contribution in [0.1, 0.15) is 96.5 Å². The number of nitrogens with one attached hydrogen (secondary N) is 1. The molecule has 1 saturated carbocycles. The number of hydrogen-bond acceptors (Lipinski definition) is 2. The average Bonchev–Trinajstić information content (AvgIpc) is 3.10. The number of fused-ring (bicyclic) bond motifs is 3. The number of amides is 1. The summed E-state index contributed by atoms with van der Waals surface area (Å²) in [5.74, 6) is 0.479. The topological polar surface area (TPSA) is 46.9 Å². The Hall–Kier alpha value is -2.30. The zero-order valence-corrected chi connectivity index (χ0v) is 28.6. The normalized spacial score (nSPS) is 16.0. The summed E-state index contributed by atoms with van der Waals surface area (Å²) < 4.78 is 2.48. The van der Waals surface area contributed by atoms with Gasteiger partial charge in [0.05, 0.1) is 5.92 Å². The van der Waals surface area contributed by atoms with E-state index in [2.05, 4.69) is 66.2 Å². The number of carbonyl (C=O) groups excluding carboxylic acids is 1. The van der Waals surface area contributed by atoms with Crippen molar-refractivity contribution in [3.05, 3.63) is 107 Å². The van der Waals surface area contributed by atoms with Gasteiger partial charge in [-0.05, 0) is 92.2 Å². The first-order chi connectivity index (χ1) is 19.6. The minimum absolute atomic E-state index is 0. The predicted molar refractivity (Wildman–Crippen MR) is 170 cm³/mol. The van der Waals surface area contributed by atoms with Gasteiger partial charge in [0, 0.05) is 62.6 Å². The Labute approximate surface area is 278 Å². The van der Waals surface area contributed by atoms with Crippen LogP contribution < -0.4 is 5.32 Å². The summed E-state index contributed by atoms with van der Waals surface area (Å²) >= 11 is 0. The number of aryl methyl sites for hydroxylation is 3. The molecule has 2 aliphatic rings. The van der Waals surface area contributed by atoms with Crippen molar-refractivity contribution >= 4 is 16.9 Å². The summed E-state index contributed by atoms with van der Waals surface area (Å²) in [6.45, 7) is 5.75. The van der Waals surface area contributed by atoms with E-state index in [9.17, 15) is 4.79 Å². The Balaban J connectivity index is 0.00000202. The Bertz CT molecular complexity index is 1470. The second kappa shape index (κ2) is 14.9. The third kappa shape index (κ3) is 7.08. The van der Waals surface area contributed by atoms with Gasteiger partial charge in [-0.2, -0.15) is 0 Å². The van der Waals surface area contributed by atoms with Crippen molar-refractivity contribution in [2.24, 2.45) is 5.92 Å². The van der Waals surface area contributed by atoms with E-state index in [1.165, 1.54) is 66.3 Å². The zero-order valence-electron chi connectivity index (χ0n) is 25.8. The molecule has 0 saturated heterocycles. The fourth-order valence-electron chi connectivity index (χ4n) is 7.33. The molecule has 1 unspecified atom stereocenters. The molecule has 2 aliphatic carbocycles. The van der Waals surface area contributed by atoms with Gasteiger partial charge in [0.2, 0.25) is 5.91 Å². The summed E-state index contributed by atoms with van der Waals surface area (Å²) in [6.07, 6.45) is 12.1. The van der Waals surface area contributed by atoms with Crippen LogP contribution in [0.3, 0.4) is 0 Å². The Morgan fingerprint density at radius 2 is 1.60 bits per heavy atom. The van der Waals surface area contributed by atoms with Crippen LogP contribution >= 0.6 is 0 Å². The Kier molecular flexibility index (Phi) is 11.6. The molecular formula is C37H46N3OY-. The fraction of sp³-hybridized carbons (Fsp3) is 0.432. The largest absolute Gasteiger partial charge is 0.358 e. The van der Waals surface area contributed by atoms with Crippen LogP contribution in [0.15, 0.2) is 60.7 Å². The number of hydrogen-bond donors (Lipinski definition) is 1. The van der Waals surface area contributed by atoms with Crippen molar-refractivity contribution in [1.82, 2.24) is 14.9 Å². The minimum Gasteiger partial charge on any atom is -0.358 e. The molecule has 1 radical (unpaired) electrons. The van der Waals surface area contributed by atoms with Crippen molar-refractivity contribution in [2.75, 3.05) is 0 Å². The fourth-order valence-corrected chi connectivity index (χ4v) is 7.33. The van der Waals surface area contributed by atoms with Crippen LogP contribution in [-0.2, 0) is 63.4 Å². The first kappa shape index (κ1) is 32.6. The van der Waals surface area contributed by atoms with Crippen LogP contribution in [0.4, 0.5) is 0 Å². The molecule has 6 rings (SSSR count). The molecule has 42 heavy (non-hydrogen) atoms. The smallest absolute Gasteiger partial charge is 0.228 e. The maximum absolute atomic E-state index is 13.7.